The number of hydrogen-bond acceptors (Lipinski definition) is 6. The minimum Gasteiger partial charge on any atom is -0.494 e. The summed E-state index contributed by atoms with van der Waals surface area (Å²) in [7, 11) is 1.44. The molecule has 7 nitrogen and oxygen atoms in total. The number of hydrogen-bond donors (Lipinski definition) is 3. The molecule has 0 bridgehead atoms. The summed E-state index contributed by atoms with van der Waals surface area (Å²) in [5, 5.41) is 10.8. The molecule has 2 heterocycles. The van der Waals surface area contributed by atoms with Gasteiger partial charge in [-0.2, -0.15) is 0 Å². The highest BCUT2D eigenvalue weighted by Crippen LogP contribution is 2.33. The number of carbonyl (C=O) groups excluding carboxylic acids is 1. The molecule has 3 aromatic rings. The predicted octanol–water partition coefficient (Wildman–Crippen LogP) is 4.21. The number of aromatic nitrogens is 2. The highest BCUT2D eigenvalue weighted by molar-refractivity contribution is 5.98. The molecule has 1 aromatic heterocycles. The SMILES string of the molecule is COc1ccc(C(NC(=O)c2ccc3cnc(NC(C)C4CC4)nc3c2)C2CCCN2)cc1F. The maximum Gasteiger partial charge on any atom is 0.251 e. The summed E-state index contributed by atoms with van der Waals surface area (Å²) in [6.45, 7) is 3.02. The molecular formula is C26H30FN5O2. The molecule has 3 unspecified atom stereocenters. The first-order valence-electron chi connectivity index (χ1n) is 11.9. The van der Waals surface area contributed by atoms with E-state index in [1.807, 2.05) is 6.07 Å². The fourth-order valence-corrected chi connectivity index (χ4v) is 4.66. The quantitative estimate of drug-likeness (QED) is 0.464. The van der Waals surface area contributed by atoms with Crippen molar-refractivity contribution in [3.05, 3.63) is 59.5 Å². The summed E-state index contributed by atoms with van der Waals surface area (Å²) in [6.07, 6.45) is 6.16. The van der Waals surface area contributed by atoms with Crippen molar-refractivity contribution in [2.45, 2.75) is 50.7 Å². The van der Waals surface area contributed by atoms with Crippen LogP contribution in [0.4, 0.5) is 10.3 Å². The molecule has 178 valence electrons. The minimum atomic E-state index is -0.444. The zero-order chi connectivity index (χ0) is 23.7. The summed E-state index contributed by atoms with van der Waals surface area (Å²) in [5.41, 5.74) is 1.92. The molecule has 3 atom stereocenters. The van der Waals surface area contributed by atoms with Gasteiger partial charge in [-0.05, 0) is 74.9 Å². The molecule has 1 saturated heterocycles. The molecule has 2 aromatic carbocycles. The lowest BCUT2D eigenvalue weighted by Crippen LogP contribution is -2.41. The Morgan fingerprint density at radius 3 is 2.76 bits per heavy atom. The molecule has 2 fully saturated rings. The summed E-state index contributed by atoms with van der Waals surface area (Å²) in [4.78, 5) is 22.3. The Morgan fingerprint density at radius 1 is 1.21 bits per heavy atom. The molecule has 1 saturated carbocycles. The first-order chi connectivity index (χ1) is 16.5. The third-order valence-corrected chi connectivity index (χ3v) is 6.85. The second-order valence-corrected chi connectivity index (χ2v) is 9.29. The van der Waals surface area contributed by atoms with Crippen molar-refractivity contribution in [3.63, 3.8) is 0 Å². The number of rotatable bonds is 8. The van der Waals surface area contributed by atoms with Gasteiger partial charge in [-0.25, -0.2) is 14.4 Å². The second-order valence-electron chi connectivity index (χ2n) is 9.29. The summed E-state index contributed by atoms with van der Waals surface area (Å²) in [5.74, 6) is 0.769. The average molecular weight is 464 g/mol. The van der Waals surface area contributed by atoms with E-state index in [-0.39, 0.29) is 23.7 Å². The lowest BCUT2D eigenvalue weighted by molar-refractivity contribution is 0.0928. The Balaban J connectivity index is 1.38. The number of anilines is 1. The van der Waals surface area contributed by atoms with E-state index in [9.17, 15) is 9.18 Å². The van der Waals surface area contributed by atoms with Crippen LogP contribution in [-0.4, -0.2) is 41.6 Å². The van der Waals surface area contributed by atoms with Crippen molar-refractivity contribution in [3.8, 4) is 5.75 Å². The lowest BCUT2D eigenvalue weighted by Gasteiger charge is -2.26. The average Bonchev–Trinajstić information content (AvgIpc) is 3.57. The molecule has 0 spiro atoms. The van der Waals surface area contributed by atoms with Gasteiger partial charge in [0.15, 0.2) is 11.6 Å². The number of fused-ring (bicyclic) bond motifs is 1. The van der Waals surface area contributed by atoms with Crippen molar-refractivity contribution < 1.29 is 13.9 Å². The fourth-order valence-electron chi connectivity index (χ4n) is 4.66. The molecule has 1 aliphatic heterocycles. The van der Waals surface area contributed by atoms with E-state index >= 15 is 0 Å². The summed E-state index contributed by atoms with van der Waals surface area (Å²) >= 11 is 0. The van der Waals surface area contributed by atoms with Crippen LogP contribution in [0.25, 0.3) is 10.9 Å². The Morgan fingerprint density at radius 2 is 2.06 bits per heavy atom. The number of carbonyl (C=O) groups is 1. The maximum absolute atomic E-state index is 14.4. The largest absolute Gasteiger partial charge is 0.494 e. The van der Waals surface area contributed by atoms with Crippen LogP contribution in [0.2, 0.25) is 0 Å². The maximum atomic E-state index is 14.4. The number of ether oxygens (including phenoxy) is 1. The molecule has 1 amide bonds. The number of amides is 1. The molecule has 3 N–H and O–H groups in total. The van der Waals surface area contributed by atoms with Gasteiger partial charge in [-0.3, -0.25) is 4.79 Å². The van der Waals surface area contributed by atoms with Crippen LogP contribution >= 0.6 is 0 Å². The minimum absolute atomic E-state index is 0.0271. The number of methoxy groups -OCH3 is 1. The molecule has 34 heavy (non-hydrogen) atoms. The molecule has 5 rings (SSSR count). The summed E-state index contributed by atoms with van der Waals surface area (Å²) < 4.78 is 19.5. The van der Waals surface area contributed by atoms with E-state index in [4.69, 9.17) is 4.74 Å². The van der Waals surface area contributed by atoms with Crippen molar-refractivity contribution in [2.24, 2.45) is 5.92 Å². The van der Waals surface area contributed by atoms with E-state index in [1.54, 1.807) is 30.5 Å². The van der Waals surface area contributed by atoms with Gasteiger partial charge in [0.1, 0.15) is 0 Å². The third-order valence-electron chi connectivity index (χ3n) is 6.85. The van der Waals surface area contributed by atoms with Crippen LogP contribution in [0.15, 0.2) is 42.6 Å². The van der Waals surface area contributed by atoms with Gasteiger partial charge in [-0.15, -0.1) is 0 Å². The normalized spacial score (nSPS) is 19.6. The molecular weight excluding hydrogens is 433 g/mol. The van der Waals surface area contributed by atoms with Crippen molar-refractivity contribution in [1.82, 2.24) is 20.6 Å². The number of benzene rings is 2. The monoisotopic (exact) mass is 463 g/mol. The van der Waals surface area contributed by atoms with Gasteiger partial charge in [0.25, 0.3) is 5.91 Å². The Bertz CT molecular complexity index is 1190. The smallest absolute Gasteiger partial charge is 0.251 e. The first kappa shape index (κ1) is 22.5. The van der Waals surface area contributed by atoms with Gasteiger partial charge in [0.05, 0.1) is 18.7 Å². The zero-order valence-electron chi connectivity index (χ0n) is 19.5. The number of halogens is 1. The molecule has 8 heteroatoms. The van der Waals surface area contributed by atoms with Gasteiger partial charge in [-0.1, -0.05) is 12.1 Å². The van der Waals surface area contributed by atoms with Gasteiger partial charge in [0.2, 0.25) is 5.95 Å². The van der Waals surface area contributed by atoms with E-state index in [0.717, 1.165) is 24.8 Å². The van der Waals surface area contributed by atoms with Crippen LogP contribution < -0.4 is 20.7 Å². The fraction of sp³-hybridized carbons (Fsp3) is 0.423. The van der Waals surface area contributed by atoms with Crippen LogP contribution in [-0.2, 0) is 0 Å². The van der Waals surface area contributed by atoms with E-state index in [1.165, 1.54) is 26.0 Å². The zero-order valence-corrected chi connectivity index (χ0v) is 19.5. The molecule has 2 aliphatic rings. The van der Waals surface area contributed by atoms with Crippen LogP contribution in [0.5, 0.6) is 5.75 Å². The molecule has 1 aliphatic carbocycles. The van der Waals surface area contributed by atoms with Gasteiger partial charge < -0.3 is 20.7 Å². The van der Waals surface area contributed by atoms with Crippen LogP contribution in [0.1, 0.15) is 54.6 Å². The first-order valence-corrected chi connectivity index (χ1v) is 11.9. The third kappa shape index (κ3) is 4.82. The van der Waals surface area contributed by atoms with Gasteiger partial charge in [0, 0.05) is 29.2 Å². The number of nitrogens with zero attached hydrogens (tertiary/aromatic N) is 2. The van der Waals surface area contributed by atoms with Crippen LogP contribution in [0, 0.1) is 11.7 Å². The summed E-state index contributed by atoms with van der Waals surface area (Å²) in [6, 6.07) is 10.2. The standard InChI is InChI=1S/C26H30FN5O2/c1-15(16-5-6-16)30-26-29-14-19-8-7-18(13-22(19)31-26)25(33)32-24(21-4-3-11-28-21)17-9-10-23(34-2)20(27)12-17/h7-10,12-16,21,24,28H,3-6,11H2,1-2H3,(H,32,33)(H,29,30,31). The Labute approximate surface area is 198 Å². The van der Waals surface area contributed by atoms with Gasteiger partial charge >= 0.3 is 0 Å². The van der Waals surface area contributed by atoms with E-state index < -0.39 is 5.82 Å². The predicted molar refractivity (Wildman–Crippen MR) is 130 cm³/mol. The van der Waals surface area contributed by atoms with Crippen molar-refractivity contribution >= 4 is 22.8 Å². The van der Waals surface area contributed by atoms with Crippen molar-refractivity contribution in [2.75, 3.05) is 19.0 Å². The van der Waals surface area contributed by atoms with Crippen LogP contribution in [0.3, 0.4) is 0 Å². The Hall–Kier alpha value is -3.26. The topological polar surface area (TPSA) is 88.2 Å². The molecule has 0 radical (unpaired) electrons. The van der Waals surface area contributed by atoms with E-state index in [2.05, 4.69) is 32.8 Å². The Kier molecular flexibility index (Phi) is 6.32. The highest BCUT2D eigenvalue weighted by Gasteiger charge is 2.29. The second kappa shape index (κ2) is 9.54. The highest BCUT2D eigenvalue weighted by atomic mass is 19.1. The van der Waals surface area contributed by atoms with E-state index in [0.29, 0.717) is 34.6 Å². The lowest BCUT2D eigenvalue weighted by atomic mass is 9.97. The van der Waals surface area contributed by atoms with Crippen molar-refractivity contribution in [1.29, 1.82) is 0 Å². The number of nitrogens with one attached hydrogen (secondary N) is 3.